The molecule has 162 valence electrons. The molecule has 7 heteroatoms. The van der Waals surface area contributed by atoms with Gasteiger partial charge in [-0.1, -0.05) is 38.3 Å². The summed E-state index contributed by atoms with van der Waals surface area (Å²) in [5.74, 6) is -1.38. The molecule has 0 aromatic heterocycles. The van der Waals surface area contributed by atoms with Gasteiger partial charge in [-0.05, 0) is 31.6 Å². The zero-order valence-electron chi connectivity index (χ0n) is 17.5. The van der Waals surface area contributed by atoms with E-state index >= 15 is 0 Å². The Balaban J connectivity index is 1.59. The fourth-order valence-electron chi connectivity index (χ4n) is 5.97. The molecule has 1 aliphatic heterocycles. The summed E-state index contributed by atoms with van der Waals surface area (Å²) in [5, 5.41) is 25.6. The van der Waals surface area contributed by atoms with Crippen LogP contribution in [0.3, 0.4) is 0 Å². The number of aliphatic hydroxyl groups is 2. The molecule has 6 atom stereocenters. The monoisotopic (exact) mass is 406 g/mol. The number of imide groups is 1. The summed E-state index contributed by atoms with van der Waals surface area (Å²) in [6.07, 6.45) is 4.60. The van der Waals surface area contributed by atoms with E-state index in [-0.39, 0.29) is 36.1 Å². The molecule has 1 heterocycles. The maximum atomic E-state index is 13.4. The van der Waals surface area contributed by atoms with Crippen molar-refractivity contribution >= 4 is 17.5 Å². The van der Waals surface area contributed by atoms with Gasteiger partial charge in [-0.2, -0.15) is 0 Å². The van der Waals surface area contributed by atoms with E-state index in [1.165, 1.54) is 4.90 Å². The molecule has 2 N–H and O–H groups in total. The van der Waals surface area contributed by atoms with Crippen molar-refractivity contribution in [3.05, 3.63) is 0 Å². The van der Waals surface area contributed by atoms with Gasteiger partial charge in [0.05, 0.1) is 29.8 Å². The fraction of sp³-hybridized carbons (Fsp3) is 0.864. The van der Waals surface area contributed by atoms with Crippen LogP contribution < -0.4 is 0 Å². The van der Waals surface area contributed by atoms with Crippen LogP contribution in [0.1, 0.15) is 65.2 Å². The van der Waals surface area contributed by atoms with Crippen LogP contribution in [0.15, 0.2) is 5.16 Å². The molecule has 0 aromatic rings. The molecule has 0 bridgehead atoms. The van der Waals surface area contributed by atoms with Crippen molar-refractivity contribution in [3.63, 3.8) is 0 Å². The maximum Gasteiger partial charge on any atom is 0.233 e. The Kier molecular flexibility index (Phi) is 5.98. The molecular formula is C22H34N2O5. The highest BCUT2D eigenvalue weighted by Gasteiger charge is 2.60. The number of carbonyl (C=O) groups is 2. The SMILES string of the molecule is CC(C)CON=C1C[C@@H](O)[C@@H](O)[C@@H]2[C@@H]3C(=O)N(C4CCCCC4)C(=O)[C@@H]3CC[C@H]12. The Hall–Kier alpha value is -1.47. The van der Waals surface area contributed by atoms with Crippen LogP contribution in [-0.2, 0) is 14.4 Å². The van der Waals surface area contributed by atoms with Gasteiger partial charge in [-0.3, -0.25) is 14.5 Å². The zero-order chi connectivity index (χ0) is 20.7. The molecule has 0 spiro atoms. The second kappa shape index (κ2) is 8.34. The molecule has 0 aromatic carbocycles. The van der Waals surface area contributed by atoms with Crippen LogP contribution in [-0.4, -0.2) is 57.5 Å². The smallest absolute Gasteiger partial charge is 0.233 e. The summed E-state index contributed by atoms with van der Waals surface area (Å²) in [4.78, 5) is 33.6. The molecule has 1 saturated heterocycles. The van der Waals surface area contributed by atoms with Crippen molar-refractivity contribution in [1.29, 1.82) is 0 Å². The van der Waals surface area contributed by atoms with Gasteiger partial charge in [0, 0.05) is 24.3 Å². The predicted molar refractivity (Wildman–Crippen MR) is 107 cm³/mol. The third-order valence-electron chi connectivity index (χ3n) is 7.34. The number of carbonyl (C=O) groups excluding carboxylic acids is 2. The Bertz CT molecular complexity index is 672. The quantitative estimate of drug-likeness (QED) is 0.550. The third-order valence-corrected chi connectivity index (χ3v) is 7.34. The van der Waals surface area contributed by atoms with E-state index in [1.54, 1.807) is 0 Å². The van der Waals surface area contributed by atoms with E-state index in [0.29, 0.717) is 25.4 Å². The van der Waals surface area contributed by atoms with Gasteiger partial charge < -0.3 is 15.1 Å². The number of nitrogens with zero attached hydrogens (tertiary/aromatic N) is 2. The molecule has 4 rings (SSSR count). The highest BCUT2D eigenvalue weighted by molar-refractivity contribution is 6.06. The van der Waals surface area contributed by atoms with Gasteiger partial charge in [0.15, 0.2) is 0 Å². The lowest BCUT2D eigenvalue weighted by Crippen LogP contribution is -2.54. The topological polar surface area (TPSA) is 99.4 Å². The maximum absolute atomic E-state index is 13.4. The first-order chi connectivity index (χ1) is 13.9. The molecule has 2 amide bonds. The van der Waals surface area contributed by atoms with Crippen LogP contribution in [0.4, 0.5) is 0 Å². The van der Waals surface area contributed by atoms with Gasteiger partial charge in [-0.25, -0.2) is 0 Å². The number of amides is 2. The number of likely N-dealkylation sites (tertiary alicyclic amines) is 1. The summed E-state index contributed by atoms with van der Waals surface area (Å²) in [5.41, 5.74) is 0.725. The van der Waals surface area contributed by atoms with Crippen LogP contribution in [0.25, 0.3) is 0 Å². The van der Waals surface area contributed by atoms with Crippen LogP contribution in [0.2, 0.25) is 0 Å². The van der Waals surface area contributed by atoms with E-state index in [9.17, 15) is 19.8 Å². The van der Waals surface area contributed by atoms with Gasteiger partial charge in [-0.15, -0.1) is 0 Å². The number of rotatable bonds is 4. The van der Waals surface area contributed by atoms with Crippen LogP contribution in [0, 0.1) is 29.6 Å². The summed E-state index contributed by atoms with van der Waals surface area (Å²) >= 11 is 0. The number of aliphatic hydroxyl groups excluding tert-OH is 2. The highest BCUT2D eigenvalue weighted by Crippen LogP contribution is 2.50. The second-order valence-electron chi connectivity index (χ2n) is 9.77. The van der Waals surface area contributed by atoms with Crippen molar-refractivity contribution in [2.75, 3.05) is 6.61 Å². The summed E-state index contributed by atoms with van der Waals surface area (Å²) in [6.45, 7) is 4.56. The van der Waals surface area contributed by atoms with Crippen molar-refractivity contribution in [1.82, 2.24) is 4.90 Å². The van der Waals surface area contributed by atoms with Crippen LogP contribution in [0.5, 0.6) is 0 Å². The van der Waals surface area contributed by atoms with E-state index in [4.69, 9.17) is 4.84 Å². The Morgan fingerprint density at radius 1 is 1.03 bits per heavy atom. The minimum Gasteiger partial charge on any atom is -0.396 e. The predicted octanol–water partition coefficient (Wildman–Crippen LogP) is 2.10. The van der Waals surface area contributed by atoms with E-state index in [1.807, 2.05) is 13.8 Å². The number of oxime groups is 1. The first-order valence-electron chi connectivity index (χ1n) is 11.3. The third kappa shape index (κ3) is 3.72. The van der Waals surface area contributed by atoms with E-state index < -0.39 is 24.0 Å². The molecular weight excluding hydrogens is 372 g/mol. The molecule has 29 heavy (non-hydrogen) atoms. The summed E-state index contributed by atoms with van der Waals surface area (Å²) in [7, 11) is 0. The molecule has 4 fully saturated rings. The minimum absolute atomic E-state index is 0.000898. The van der Waals surface area contributed by atoms with Crippen molar-refractivity contribution in [2.24, 2.45) is 34.7 Å². The van der Waals surface area contributed by atoms with E-state index in [2.05, 4.69) is 5.16 Å². The first kappa shape index (κ1) is 20.8. The first-order valence-corrected chi connectivity index (χ1v) is 11.3. The Morgan fingerprint density at radius 2 is 1.72 bits per heavy atom. The summed E-state index contributed by atoms with van der Waals surface area (Å²) in [6, 6.07) is 0.000898. The average Bonchev–Trinajstić information content (AvgIpc) is 2.96. The molecule has 4 aliphatic rings. The Morgan fingerprint density at radius 3 is 2.41 bits per heavy atom. The molecule has 3 saturated carbocycles. The lowest BCUT2D eigenvalue weighted by atomic mass is 9.60. The van der Waals surface area contributed by atoms with Crippen LogP contribution >= 0.6 is 0 Å². The highest BCUT2D eigenvalue weighted by atomic mass is 16.6. The standard InChI is InChI=1S/C22H34N2O5/c1-12(2)11-29-23-16-10-17(25)20(26)18-14(16)8-9-15-19(18)22(28)24(21(15)27)13-6-4-3-5-7-13/h12-15,17-20,25-26H,3-11H2,1-2H3/t14-,15-,17-,18+,19-,20-/m1/s1. The molecule has 0 unspecified atom stereocenters. The molecule has 7 nitrogen and oxygen atoms in total. The summed E-state index contributed by atoms with van der Waals surface area (Å²) < 4.78 is 0. The minimum atomic E-state index is -1.01. The largest absolute Gasteiger partial charge is 0.396 e. The second-order valence-corrected chi connectivity index (χ2v) is 9.77. The average molecular weight is 407 g/mol. The van der Waals surface area contributed by atoms with Gasteiger partial charge >= 0.3 is 0 Å². The van der Waals surface area contributed by atoms with Crippen molar-refractivity contribution in [3.8, 4) is 0 Å². The number of hydrogen-bond donors (Lipinski definition) is 2. The number of fused-ring (bicyclic) bond motifs is 3. The normalized spacial score (nSPS) is 39.8. The molecule has 3 aliphatic carbocycles. The van der Waals surface area contributed by atoms with E-state index in [0.717, 1.165) is 37.8 Å². The lowest BCUT2D eigenvalue weighted by Gasteiger charge is -2.45. The van der Waals surface area contributed by atoms with Crippen molar-refractivity contribution < 1.29 is 24.6 Å². The van der Waals surface area contributed by atoms with Gasteiger partial charge in [0.1, 0.15) is 6.61 Å². The zero-order valence-corrected chi connectivity index (χ0v) is 17.5. The molecule has 0 radical (unpaired) electrons. The fourth-order valence-corrected chi connectivity index (χ4v) is 5.97. The van der Waals surface area contributed by atoms with Gasteiger partial charge in [0.25, 0.3) is 0 Å². The number of hydrogen-bond acceptors (Lipinski definition) is 6. The lowest BCUT2D eigenvalue weighted by molar-refractivity contribution is -0.145. The van der Waals surface area contributed by atoms with Gasteiger partial charge in [0.2, 0.25) is 11.8 Å². The Labute approximate surface area is 172 Å². The van der Waals surface area contributed by atoms with Crippen molar-refractivity contribution in [2.45, 2.75) is 83.5 Å².